The average Bonchev–Trinajstić information content (AvgIpc) is 2.66. The molecule has 1 amide bonds. The number of nitrogens with zero attached hydrogens (tertiary/aromatic N) is 1. The molecule has 2 aromatic rings. The third-order valence-corrected chi connectivity index (χ3v) is 3.91. The summed E-state index contributed by atoms with van der Waals surface area (Å²) in [5.41, 5.74) is 7.41. The van der Waals surface area contributed by atoms with E-state index >= 15 is 0 Å². The first-order valence-corrected chi connectivity index (χ1v) is 7.02. The number of aryl methyl sites for hydroxylation is 1. The fraction of sp³-hybridized carbons (Fsp3) is 0.429. The Bertz CT molecular complexity index is 618. The van der Waals surface area contributed by atoms with E-state index in [4.69, 9.17) is 5.73 Å². The maximum Gasteiger partial charge on any atom is 0.241 e. The molecule has 0 aliphatic heterocycles. The summed E-state index contributed by atoms with van der Waals surface area (Å²) in [7, 11) is 0. The summed E-state index contributed by atoms with van der Waals surface area (Å²) in [5.74, 6) is -0.159. The molecule has 1 aromatic carbocycles. The number of carbonyl (C=O) groups excluding carboxylic acids is 1. The molecule has 0 fully saturated rings. The zero-order chi connectivity index (χ0) is 14.2. The number of fused-ring (bicyclic) bond motifs is 1. The van der Waals surface area contributed by atoms with E-state index in [-0.39, 0.29) is 23.7 Å². The number of nitrogens with one attached hydrogen (secondary N) is 1. The second kappa shape index (κ2) is 6.08. The van der Waals surface area contributed by atoms with Crippen LogP contribution in [0, 0.1) is 12.3 Å². The zero-order valence-corrected chi connectivity index (χ0v) is 13.7. The van der Waals surface area contributed by atoms with Gasteiger partial charge in [-0.3, -0.25) is 4.79 Å². The van der Waals surface area contributed by atoms with Gasteiger partial charge in [-0.25, -0.2) is 4.98 Å². The molecule has 0 aliphatic rings. The monoisotopic (exact) mass is 313 g/mol. The number of thiazole rings is 1. The van der Waals surface area contributed by atoms with E-state index < -0.39 is 6.04 Å². The van der Waals surface area contributed by atoms with Crippen molar-refractivity contribution in [3.63, 3.8) is 0 Å². The van der Waals surface area contributed by atoms with Crippen LogP contribution in [0.2, 0.25) is 0 Å². The number of benzene rings is 1. The summed E-state index contributed by atoms with van der Waals surface area (Å²) in [6.07, 6.45) is 0. The first-order valence-electron chi connectivity index (χ1n) is 6.21. The highest BCUT2D eigenvalue weighted by molar-refractivity contribution is 7.18. The van der Waals surface area contributed by atoms with Gasteiger partial charge < -0.3 is 11.1 Å². The third kappa shape index (κ3) is 3.69. The number of nitrogens with two attached hydrogens (primary N) is 1. The molecule has 1 heterocycles. The molecular weight excluding hydrogens is 294 g/mol. The minimum Gasteiger partial charge on any atom is -0.325 e. The van der Waals surface area contributed by atoms with Gasteiger partial charge in [-0.2, -0.15) is 0 Å². The maximum atomic E-state index is 12.1. The molecular formula is C14H20ClN3OS. The number of anilines is 1. The zero-order valence-electron chi connectivity index (χ0n) is 12.1. The lowest BCUT2D eigenvalue weighted by Gasteiger charge is -2.25. The van der Waals surface area contributed by atoms with Crippen LogP contribution < -0.4 is 11.1 Å². The van der Waals surface area contributed by atoms with Crippen LogP contribution in [0.5, 0.6) is 0 Å². The van der Waals surface area contributed by atoms with Crippen LogP contribution in [0.4, 0.5) is 5.69 Å². The minimum absolute atomic E-state index is 0. The molecule has 110 valence electrons. The first kappa shape index (κ1) is 16.9. The number of aromatic nitrogens is 1. The van der Waals surface area contributed by atoms with Crippen LogP contribution >= 0.6 is 23.7 Å². The van der Waals surface area contributed by atoms with Gasteiger partial charge in [0.05, 0.1) is 21.3 Å². The van der Waals surface area contributed by atoms with Crippen LogP contribution in [0.3, 0.4) is 0 Å². The van der Waals surface area contributed by atoms with Crippen molar-refractivity contribution in [3.05, 3.63) is 23.2 Å². The number of amides is 1. The van der Waals surface area contributed by atoms with Gasteiger partial charge in [0.1, 0.15) is 0 Å². The molecule has 0 spiro atoms. The summed E-state index contributed by atoms with van der Waals surface area (Å²) >= 11 is 1.61. The van der Waals surface area contributed by atoms with Crippen LogP contribution in [0.15, 0.2) is 18.2 Å². The molecule has 4 nitrogen and oxygen atoms in total. The van der Waals surface area contributed by atoms with E-state index in [1.807, 2.05) is 45.9 Å². The summed E-state index contributed by atoms with van der Waals surface area (Å²) in [6, 6.07) is 5.17. The summed E-state index contributed by atoms with van der Waals surface area (Å²) in [4.78, 5) is 16.4. The fourth-order valence-corrected chi connectivity index (χ4v) is 2.60. The lowest BCUT2D eigenvalue weighted by Crippen LogP contribution is -2.45. The van der Waals surface area contributed by atoms with Crippen LogP contribution in [-0.2, 0) is 4.79 Å². The lowest BCUT2D eigenvalue weighted by molar-refractivity contribution is -0.119. The molecule has 0 bridgehead atoms. The van der Waals surface area contributed by atoms with Crippen molar-refractivity contribution in [2.24, 2.45) is 11.1 Å². The number of hydrogen-bond acceptors (Lipinski definition) is 4. The second-order valence-corrected chi connectivity index (χ2v) is 6.98. The molecule has 0 radical (unpaired) electrons. The SMILES string of the molecule is Cc1nc2ccc(NC(=O)[C@@H](N)C(C)(C)C)cc2s1.Cl. The molecule has 1 aromatic heterocycles. The smallest absolute Gasteiger partial charge is 0.241 e. The third-order valence-electron chi connectivity index (χ3n) is 2.98. The van der Waals surface area contributed by atoms with E-state index in [9.17, 15) is 4.79 Å². The molecule has 6 heteroatoms. The second-order valence-electron chi connectivity index (χ2n) is 5.75. The van der Waals surface area contributed by atoms with Gasteiger partial charge in [0.15, 0.2) is 0 Å². The van der Waals surface area contributed by atoms with Crippen LogP contribution in [-0.4, -0.2) is 16.9 Å². The molecule has 0 saturated carbocycles. The molecule has 20 heavy (non-hydrogen) atoms. The van der Waals surface area contributed by atoms with Gasteiger partial charge in [0, 0.05) is 5.69 Å². The Hall–Kier alpha value is -1.17. The van der Waals surface area contributed by atoms with Gasteiger partial charge in [-0.05, 0) is 30.5 Å². The predicted molar refractivity (Wildman–Crippen MR) is 87.7 cm³/mol. The fourth-order valence-electron chi connectivity index (χ4n) is 1.73. The van der Waals surface area contributed by atoms with E-state index in [1.165, 1.54) is 0 Å². The van der Waals surface area contributed by atoms with Crippen molar-refractivity contribution in [2.45, 2.75) is 33.7 Å². The van der Waals surface area contributed by atoms with Crippen molar-refractivity contribution in [3.8, 4) is 0 Å². The predicted octanol–water partition coefficient (Wildman–Crippen LogP) is 3.34. The summed E-state index contributed by atoms with van der Waals surface area (Å²) < 4.78 is 1.07. The van der Waals surface area contributed by atoms with Gasteiger partial charge >= 0.3 is 0 Å². The lowest BCUT2D eigenvalue weighted by atomic mass is 9.87. The van der Waals surface area contributed by atoms with Crippen molar-refractivity contribution in [2.75, 3.05) is 5.32 Å². The highest BCUT2D eigenvalue weighted by atomic mass is 35.5. The van der Waals surface area contributed by atoms with E-state index in [1.54, 1.807) is 11.3 Å². The average molecular weight is 314 g/mol. The summed E-state index contributed by atoms with van der Waals surface area (Å²) in [5, 5.41) is 3.88. The first-order chi connectivity index (χ1) is 8.77. The largest absolute Gasteiger partial charge is 0.325 e. The van der Waals surface area contributed by atoms with Gasteiger partial charge in [0.2, 0.25) is 5.91 Å². The Morgan fingerprint density at radius 1 is 1.40 bits per heavy atom. The molecule has 2 rings (SSSR count). The standard InChI is InChI=1S/C14H19N3OS.ClH/c1-8-16-10-6-5-9(7-11(10)19-8)17-13(18)12(15)14(2,3)4;/h5-7,12H,15H2,1-4H3,(H,17,18);1H/t12-;/m1./s1. The van der Waals surface area contributed by atoms with Crippen molar-refractivity contribution in [1.29, 1.82) is 0 Å². The highest BCUT2D eigenvalue weighted by Crippen LogP contribution is 2.25. The van der Waals surface area contributed by atoms with E-state index in [0.717, 1.165) is 20.9 Å². The number of halogens is 1. The quantitative estimate of drug-likeness (QED) is 0.893. The molecule has 1 atom stereocenters. The molecule has 0 unspecified atom stereocenters. The Balaban J connectivity index is 0.00000200. The van der Waals surface area contributed by atoms with Crippen LogP contribution in [0.25, 0.3) is 10.2 Å². The highest BCUT2D eigenvalue weighted by Gasteiger charge is 2.27. The Morgan fingerprint density at radius 2 is 2.05 bits per heavy atom. The molecule has 0 saturated heterocycles. The number of carbonyl (C=O) groups is 1. The van der Waals surface area contributed by atoms with Gasteiger partial charge in [-0.1, -0.05) is 20.8 Å². The topological polar surface area (TPSA) is 68.0 Å². The van der Waals surface area contributed by atoms with Crippen molar-refractivity contribution < 1.29 is 4.79 Å². The van der Waals surface area contributed by atoms with E-state index in [0.29, 0.717) is 0 Å². The normalized spacial score (nSPS) is 12.8. The van der Waals surface area contributed by atoms with Crippen molar-refractivity contribution in [1.82, 2.24) is 4.98 Å². The van der Waals surface area contributed by atoms with Crippen LogP contribution in [0.1, 0.15) is 25.8 Å². The molecule has 3 N–H and O–H groups in total. The number of hydrogen-bond donors (Lipinski definition) is 2. The molecule has 0 aliphatic carbocycles. The van der Waals surface area contributed by atoms with Crippen molar-refractivity contribution >= 4 is 45.6 Å². The van der Waals surface area contributed by atoms with E-state index in [2.05, 4.69) is 10.3 Å². The van der Waals surface area contributed by atoms with Gasteiger partial charge in [0.25, 0.3) is 0 Å². The Kier molecular flexibility index (Phi) is 5.13. The Morgan fingerprint density at radius 3 is 2.65 bits per heavy atom. The van der Waals surface area contributed by atoms with Gasteiger partial charge in [-0.15, -0.1) is 23.7 Å². The summed E-state index contributed by atoms with van der Waals surface area (Å²) in [6.45, 7) is 7.82. The number of rotatable bonds is 2. The minimum atomic E-state index is -0.536. The Labute approximate surface area is 129 Å². The maximum absolute atomic E-state index is 12.1.